The maximum absolute atomic E-state index is 12.7. The Balaban J connectivity index is 1.08. The van der Waals surface area contributed by atoms with Crippen molar-refractivity contribution in [2.75, 3.05) is 36.9 Å². The smallest absolute Gasteiger partial charge is 0.387 e. The summed E-state index contributed by atoms with van der Waals surface area (Å²) in [5, 5.41) is 42.7. The van der Waals surface area contributed by atoms with Crippen molar-refractivity contribution >= 4 is 44.5 Å². The summed E-state index contributed by atoms with van der Waals surface area (Å²) in [5.41, 5.74) is 11.8. The minimum atomic E-state index is -5.41. The predicted octanol–water partition coefficient (Wildman–Crippen LogP) is -2.03. The van der Waals surface area contributed by atoms with Gasteiger partial charge in [0.1, 0.15) is 42.4 Å². The van der Waals surface area contributed by atoms with Gasteiger partial charge < -0.3 is 56.1 Å². The molecule has 3 aromatic rings. The second-order valence-corrected chi connectivity index (χ2v) is 14.9. The van der Waals surface area contributed by atoms with Gasteiger partial charge in [-0.1, -0.05) is 0 Å². The molecule has 50 heavy (non-hydrogen) atoms. The fraction of sp³-hybridized carbons (Fsp3) is 0.577. The molecular formula is C26H37N8O14P2+. The number of carbonyl (C=O) groups excluding carboxylic acids is 1. The molecule has 0 spiro atoms. The Kier molecular flexibility index (Phi) is 10.6. The van der Waals surface area contributed by atoms with Crippen molar-refractivity contribution in [3.05, 3.63) is 36.4 Å². The second kappa shape index (κ2) is 14.4. The van der Waals surface area contributed by atoms with Crippen LogP contribution in [0.5, 0.6) is 0 Å². The standard InChI is InChI=1S/C26H36N8O14P2/c27-21-16-23(30-12-29-21)34(26(31-16)32-6-2-1-3-7-32)25-20(38)18(36)15(47-25)11-45-50(42,43)48-49(40,41)44-10-14-17(35)19(37)24(46-14)33-8-4-5-13(9-33)22(28)39/h4-5,8-9,12,14-15,17-20,24-25,35-38H,1-3,6-7,10-11H2,(H5-,27,28,29,30,39,40,41,42,43)/p+1/t14-,15+,17+,18?,19?,20-,24-,25+/m0/s1. The number of rotatable bonds is 12. The molecule has 10 N–H and O–H groups in total. The van der Waals surface area contributed by atoms with E-state index in [1.165, 1.54) is 40.0 Å². The average Bonchev–Trinajstić information content (AvgIpc) is 3.70. The Morgan fingerprint density at radius 2 is 1.60 bits per heavy atom. The predicted molar refractivity (Wildman–Crippen MR) is 165 cm³/mol. The van der Waals surface area contributed by atoms with Crippen LogP contribution >= 0.6 is 15.6 Å². The van der Waals surface area contributed by atoms with Gasteiger partial charge in [0.15, 0.2) is 41.7 Å². The number of ether oxygens (including phenoxy) is 2. The van der Waals surface area contributed by atoms with E-state index in [-0.39, 0.29) is 22.5 Å². The topological polar surface area (TPSA) is 322 Å². The zero-order chi connectivity index (χ0) is 36.0. The molecule has 24 heteroatoms. The van der Waals surface area contributed by atoms with Gasteiger partial charge in [0.25, 0.3) is 12.1 Å². The molecule has 3 aliphatic rings. The first-order chi connectivity index (χ1) is 23.7. The number of piperidine rings is 1. The number of aromatic nitrogens is 5. The van der Waals surface area contributed by atoms with Gasteiger partial charge in [-0.05, 0) is 25.3 Å². The van der Waals surface area contributed by atoms with Crippen molar-refractivity contribution in [3.8, 4) is 0 Å². The first-order valence-electron chi connectivity index (χ1n) is 15.4. The van der Waals surface area contributed by atoms with Crippen LogP contribution in [-0.2, 0) is 32.0 Å². The van der Waals surface area contributed by atoms with E-state index in [1.807, 2.05) is 4.90 Å². The molecule has 0 bridgehead atoms. The first kappa shape index (κ1) is 36.6. The number of aliphatic hydroxyl groups excluding tert-OH is 4. The van der Waals surface area contributed by atoms with Crippen molar-refractivity contribution in [1.82, 2.24) is 19.5 Å². The van der Waals surface area contributed by atoms with Crippen LogP contribution in [0, 0.1) is 0 Å². The van der Waals surface area contributed by atoms with E-state index >= 15 is 0 Å². The number of nitrogens with zero attached hydrogens (tertiary/aromatic N) is 6. The summed E-state index contributed by atoms with van der Waals surface area (Å²) in [6.45, 7) is -0.520. The maximum Gasteiger partial charge on any atom is 0.481 e. The summed E-state index contributed by atoms with van der Waals surface area (Å²) in [6, 6.07) is 2.85. The van der Waals surface area contributed by atoms with Crippen molar-refractivity contribution in [1.29, 1.82) is 0 Å². The van der Waals surface area contributed by atoms with Crippen molar-refractivity contribution in [2.24, 2.45) is 5.73 Å². The number of phosphoric ester groups is 2. The molecule has 0 aromatic carbocycles. The van der Waals surface area contributed by atoms with E-state index in [9.17, 15) is 44.1 Å². The number of pyridine rings is 1. The molecule has 22 nitrogen and oxygen atoms in total. The molecule has 6 rings (SSSR count). The average molecular weight is 748 g/mol. The summed E-state index contributed by atoms with van der Waals surface area (Å²) in [6.07, 6.45) is -5.34. The molecule has 0 radical (unpaired) electrons. The second-order valence-electron chi connectivity index (χ2n) is 11.9. The number of phosphoric acid groups is 2. The maximum atomic E-state index is 12.7. The SMILES string of the molecule is NC(=O)c1ccc[n+]([C@H]2O[C@@H](COP(=O)(O)OP(=O)(O)OC[C@H]3O[C@@H](n4c(N5CCCCC5)nc5c(N)ncnc54)[C@@H](O)C3O)[C@@H](O)C2O)c1. The van der Waals surface area contributed by atoms with Crippen LogP contribution < -0.4 is 20.9 Å². The lowest BCUT2D eigenvalue weighted by atomic mass is 10.1. The number of primary amides is 1. The highest BCUT2D eigenvalue weighted by Gasteiger charge is 2.50. The van der Waals surface area contributed by atoms with Crippen LogP contribution in [0.1, 0.15) is 42.1 Å². The minimum Gasteiger partial charge on any atom is -0.387 e. The highest BCUT2D eigenvalue weighted by atomic mass is 31.3. The first-order valence-corrected chi connectivity index (χ1v) is 18.4. The molecule has 1 amide bonds. The number of anilines is 2. The van der Waals surface area contributed by atoms with Crippen LogP contribution in [0.15, 0.2) is 30.9 Å². The van der Waals surface area contributed by atoms with Crippen LogP contribution in [0.3, 0.4) is 0 Å². The van der Waals surface area contributed by atoms with E-state index in [1.54, 1.807) is 0 Å². The molecule has 3 fully saturated rings. The lowest BCUT2D eigenvalue weighted by Gasteiger charge is -2.30. The molecule has 3 aromatic heterocycles. The van der Waals surface area contributed by atoms with E-state index in [0.29, 0.717) is 19.0 Å². The summed E-state index contributed by atoms with van der Waals surface area (Å²) >= 11 is 0. The normalized spacial score (nSPS) is 31.1. The number of aliphatic hydroxyl groups is 4. The van der Waals surface area contributed by atoms with Gasteiger partial charge >= 0.3 is 15.6 Å². The Bertz CT molecular complexity index is 1810. The van der Waals surface area contributed by atoms with Gasteiger partial charge in [-0.15, -0.1) is 0 Å². The number of amides is 1. The Morgan fingerprint density at radius 3 is 2.26 bits per heavy atom. The lowest BCUT2D eigenvalue weighted by Crippen LogP contribution is -2.46. The summed E-state index contributed by atoms with van der Waals surface area (Å²) in [5.74, 6) is -0.333. The van der Waals surface area contributed by atoms with Crippen molar-refractivity contribution < 1.29 is 71.5 Å². The Morgan fingerprint density at radius 1 is 0.960 bits per heavy atom. The minimum absolute atomic E-state index is 0.0715. The third-order valence-electron chi connectivity index (χ3n) is 8.47. The number of carbonyl (C=O) groups is 1. The fourth-order valence-electron chi connectivity index (χ4n) is 5.97. The third-order valence-corrected chi connectivity index (χ3v) is 11.1. The van der Waals surface area contributed by atoms with Crippen LogP contribution in [0.4, 0.5) is 11.8 Å². The summed E-state index contributed by atoms with van der Waals surface area (Å²) in [7, 11) is -10.8. The third kappa shape index (κ3) is 7.53. The number of fused-ring (bicyclic) bond motifs is 1. The molecule has 6 heterocycles. The molecule has 0 aliphatic carbocycles. The van der Waals surface area contributed by atoms with E-state index in [0.717, 1.165) is 19.3 Å². The number of hydrogen-bond donors (Lipinski definition) is 8. The van der Waals surface area contributed by atoms with Gasteiger partial charge in [0.05, 0.1) is 13.2 Å². The number of imidazole rings is 1. The number of nitrogens with two attached hydrogens (primary N) is 2. The van der Waals surface area contributed by atoms with Gasteiger partial charge in [-0.25, -0.2) is 24.1 Å². The lowest BCUT2D eigenvalue weighted by molar-refractivity contribution is -0.765. The summed E-state index contributed by atoms with van der Waals surface area (Å²) in [4.78, 5) is 46.6. The van der Waals surface area contributed by atoms with Gasteiger partial charge in [0, 0.05) is 19.2 Å². The molecule has 3 aliphatic heterocycles. The molecule has 4 unspecified atom stereocenters. The highest BCUT2D eigenvalue weighted by molar-refractivity contribution is 7.61. The Hall–Kier alpha value is -3.21. The molecule has 274 valence electrons. The fourth-order valence-corrected chi connectivity index (χ4v) is 8.06. The molecular weight excluding hydrogens is 710 g/mol. The van der Waals surface area contributed by atoms with Crippen molar-refractivity contribution in [2.45, 2.75) is 68.3 Å². The quantitative estimate of drug-likeness (QED) is 0.0732. The zero-order valence-corrected chi connectivity index (χ0v) is 27.9. The van der Waals surface area contributed by atoms with Gasteiger partial charge in [-0.2, -0.15) is 8.88 Å². The van der Waals surface area contributed by atoms with Gasteiger partial charge in [-0.3, -0.25) is 18.4 Å². The van der Waals surface area contributed by atoms with E-state index < -0.39 is 83.8 Å². The zero-order valence-electron chi connectivity index (χ0n) is 26.1. The van der Waals surface area contributed by atoms with E-state index in [2.05, 4.69) is 19.3 Å². The Labute approximate surface area is 283 Å². The van der Waals surface area contributed by atoms with Crippen LogP contribution in [-0.4, -0.2) is 119 Å². The summed E-state index contributed by atoms with van der Waals surface area (Å²) < 4.78 is 53.3. The van der Waals surface area contributed by atoms with Crippen LogP contribution in [0.25, 0.3) is 11.2 Å². The van der Waals surface area contributed by atoms with E-state index in [4.69, 9.17) is 30.0 Å². The largest absolute Gasteiger partial charge is 0.481 e. The molecule has 10 atom stereocenters. The molecule has 0 saturated carbocycles. The monoisotopic (exact) mass is 747 g/mol. The van der Waals surface area contributed by atoms with Crippen LogP contribution in [0.2, 0.25) is 0 Å². The van der Waals surface area contributed by atoms with Gasteiger partial charge in [0.2, 0.25) is 5.95 Å². The molecule has 3 saturated heterocycles. The number of nitrogen functional groups attached to an aromatic ring is 1. The van der Waals surface area contributed by atoms with Crippen molar-refractivity contribution in [3.63, 3.8) is 0 Å². The highest BCUT2D eigenvalue weighted by Crippen LogP contribution is 2.60. The number of hydrogen-bond acceptors (Lipinski definition) is 17.